The molecule has 1 saturated heterocycles. The molecule has 0 unspecified atom stereocenters. The van der Waals surface area contributed by atoms with E-state index in [1.54, 1.807) is 11.0 Å². The molecule has 0 aliphatic carbocycles. The molecule has 0 spiro atoms. The summed E-state index contributed by atoms with van der Waals surface area (Å²) in [5.74, 6) is -0.889. The molecule has 1 aromatic rings. The van der Waals surface area contributed by atoms with Crippen LogP contribution >= 0.6 is 0 Å². The quantitative estimate of drug-likeness (QED) is 0.525. The molecule has 2 rings (SSSR count). The number of carbonyl (C=O) groups is 2. The van der Waals surface area contributed by atoms with Gasteiger partial charge in [-0.3, -0.25) is 4.79 Å². The Labute approximate surface area is 161 Å². The number of ether oxygens (including phenoxy) is 1. The molecule has 0 aromatic heterocycles. The Morgan fingerprint density at radius 1 is 1.33 bits per heavy atom. The smallest absolute Gasteiger partial charge is 0.331 e. The SMILES string of the molecule is CC[C@@H](C)N(C(=O)COC(=O)/C=C/c1ccccc1C)[C@H]1CCS(=O)(=O)C1. The first kappa shape index (κ1) is 21.2. The molecule has 0 radical (unpaired) electrons. The van der Waals surface area contributed by atoms with Crippen molar-refractivity contribution in [2.45, 2.75) is 45.7 Å². The first-order chi connectivity index (χ1) is 12.7. The second-order valence-electron chi connectivity index (χ2n) is 6.91. The topological polar surface area (TPSA) is 80.8 Å². The van der Waals surface area contributed by atoms with Crippen LogP contribution in [0.2, 0.25) is 0 Å². The molecule has 1 aromatic carbocycles. The molecule has 27 heavy (non-hydrogen) atoms. The van der Waals surface area contributed by atoms with E-state index in [-0.39, 0.29) is 29.5 Å². The Balaban J connectivity index is 1.97. The van der Waals surface area contributed by atoms with Crippen molar-refractivity contribution in [2.75, 3.05) is 18.1 Å². The van der Waals surface area contributed by atoms with Crippen LogP contribution in [0, 0.1) is 6.92 Å². The number of esters is 1. The third kappa shape index (κ3) is 5.92. The van der Waals surface area contributed by atoms with Crippen molar-refractivity contribution in [3.8, 4) is 0 Å². The normalized spacial score (nSPS) is 19.7. The van der Waals surface area contributed by atoms with Crippen molar-refractivity contribution in [1.82, 2.24) is 4.90 Å². The maximum absolute atomic E-state index is 12.6. The first-order valence-electron chi connectivity index (χ1n) is 9.15. The zero-order chi connectivity index (χ0) is 20.0. The standard InChI is InChI=1S/C20H27NO5S/c1-4-16(3)21(18-11-12-27(24,25)14-18)19(22)13-26-20(23)10-9-17-8-6-5-7-15(17)2/h5-10,16,18H,4,11-14H2,1-3H3/b10-9+/t16-,18+/m1/s1. The lowest BCUT2D eigenvalue weighted by molar-refractivity contribution is -0.150. The molecule has 0 bridgehead atoms. The predicted molar refractivity (Wildman–Crippen MR) is 105 cm³/mol. The van der Waals surface area contributed by atoms with Gasteiger partial charge in [0.15, 0.2) is 16.4 Å². The van der Waals surface area contributed by atoms with Gasteiger partial charge in [0.25, 0.3) is 5.91 Å². The summed E-state index contributed by atoms with van der Waals surface area (Å²) in [6.07, 6.45) is 4.07. The van der Waals surface area contributed by atoms with Crippen molar-refractivity contribution in [3.05, 3.63) is 41.5 Å². The molecule has 0 saturated carbocycles. The molecule has 1 aliphatic rings. The van der Waals surface area contributed by atoms with Gasteiger partial charge in [-0.25, -0.2) is 13.2 Å². The Morgan fingerprint density at radius 3 is 2.63 bits per heavy atom. The Hall–Kier alpha value is -2.15. The van der Waals surface area contributed by atoms with Crippen LogP contribution in [0.3, 0.4) is 0 Å². The van der Waals surface area contributed by atoms with Crippen molar-refractivity contribution < 1.29 is 22.7 Å². The van der Waals surface area contributed by atoms with E-state index < -0.39 is 22.4 Å². The maximum Gasteiger partial charge on any atom is 0.331 e. The summed E-state index contributed by atoms with van der Waals surface area (Å²) in [7, 11) is -3.10. The average Bonchev–Trinajstić information content (AvgIpc) is 2.98. The minimum Gasteiger partial charge on any atom is -0.452 e. The third-order valence-electron chi connectivity index (χ3n) is 4.88. The fourth-order valence-electron chi connectivity index (χ4n) is 3.19. The summed E-state index contributed by atoms with van der Waals surface area (Å²) in [5, 5.41) is 0. The number of sulfone groups is 1. The maximum atomic E-state index is 12.6. The highest BCUT2D eigenvalue weighted by Crippen LogP contribution is 2.21. The zero-order valence-corrected chi connectivity index (χ0v) is 16.9. The monoisotopic (exact) mass is 393 g/mol. The van der Waals surface area contributed by atoms with Crippen LogP contribution in [-0.4, -0.2) is 55.4 Å². The van der Waals surface area contributed by atoms with Crippen LogP contribution < -0.4 is 0 Å². The van der Waals surface area contributed by atoms with E-state index in [0.717, 1.165) is 11.1 Å². The molecule has 148 valence electrons. The molecule has 1 amide bonds. The molecule has 2 atom stereocenters. The molecular formula is C20H27NO5S. The first-order valence-corrected chi connectivity index (χ1v) is 11.0. The van der Waals surface area contributed by atoms with Crippen LogP contribution in [0.4, 0.5) is 0 Å². The highest BCUT2D eigenvalue weighted by atomic mass is 32.2. The summed E-state index contributed by atoms with van der Waals surface area (Å²) in [5.41, 5.74) is 1.93. The van der Waals surface area contributed by atoms with E-state index in [9.17, 15) is 18.0 Å². The summed E-state index contributed by atoms with van der Waals surface area (Å²) < 4.78 is 28.6. The fourth-order valence-corrected chi connectivity index (χ4v) is 4.90. The third-order valence-corrected chi connectivity index (χ3v) is 6.63. The van der Waals surface area contributed by atoms with Crippen molar-refractivity contribution >= 4 is 27.8 Å². The number of hydrogen-bond donors (Lipinski definition) is 0. The Bertz CT molecular complexity index is 815. The molecule has 1 aliphatic heterocycles. The van der Waals surface area contributed by atoms with Crippen LogP contribution in [0.15, 0.2) is 30.3 Å². The molecule has 0 N–H and O–H groups in total. The van der Waals surface area contributed by atoms with E-state index in [1.807, 2.05) is 45.0 Å². The van der Waals surface area contributed by atoms with Crippen LogP contribution in [0.1, 0.15) is 37.8 Å². The second-order valence-corrected chi connectivity index (χ2v) is 9.14. The van der Waals surface area contributed by atoms with Gasteiger partial charge in [-0.15, -0.1) is 0 Å². The number of aryl methyl sites for hydroxylation is 1. The summed E-state index contributed by atoms with van der Waals surface area (Å²) in [6.45, 7) is 5.36. The number of amides is 1. The Morgan fingerprint density at radius 2 is 2.04 bits per heavy atom. The van der Waals surface area contributed by atoms with Gasteiger partial charge < -0.3 is 9.64 Å². The van der Waals surface area contributed by atoms with E-state index in [0.29, 0.717) is 12.8 Å². The minimum absolute atomic E-state index is 0.0236. The zero-order valence-electron chi connectivity index (χ0n) is 16.1. The van der Waals surface area contributed by atoms with Crippen LogP contribution in [-0.2, 0) is 24.2 Å². The van der Waals surface area contributed by atoms with Gasteiger partial charge in [0, 0.05) is 18.2 Å². The number of benzene rings is 1. The lowest BCUT2D eigenvalue weighted by Crippen LogP contribution is -2.48. The largest absolute Gasteiger partial charge is 0.452 e. The van der Waals surface area contributed by atoms with Gasteiger partial charge in [-0.1, -0.05) is 31.2 Å². The lowest BCUT2D eigenvalue weighted by Gasteiger charge is -2.33. The van der Waals surface area contributed by atoms with Gasteiger partial charge in [0.2, 0.25) is 0 Å². The van der Waals surface area contributed by atoms with Crippen LogP contribution in [0.5, 0.6) is 0 Å². The van der Waals surface area contributed by atoms with E-state index in [4.69, 9.17) is 4.74 Å². The number of nitrogens with zero attached hydrogens (tertiary/aromatic N) is 1. The summed E-state index contributed by atoms with van der Waals surface area (Å²) >= 11 is 0. The van der Waals surface area contributed by atoms with Gasteiger partial charge >= 0.3 is 5.97 Å². The number of carbonyl (C=O) groups excluding carboxylic acids is 2. The summed E-state index contributed by atoms with van der Waals surface area (Å²) in [6, 6.07) is 7.15. The summed E-state index contributed by atoms with van der Waals surface area (Å²) in [4.78, 5) is 26.1. The minimum atomic E-state index is -3.10. The average molecular weight is 394 g/mol. The fraction of sp³-hybridized carbons (Fsp3) is 0.500. The van der Waals surface area contributed by atoms with E-state index in [2.05, 4.69) is 0 Å². The van der Waals surface area contributed by atoms with Gasteiger partial charge in [-0.05, 0) is 43.9 Å². The highest BCUT2D eigenvalue weighted by Gasteiger charge is 2.36. The lowest BCUT2D eigenvalue weighted by atomic mass is 10.1. The Kier molecular flexibility index (Phi) is 7.18. The van der Waals surface area contributed by atoms with E-state index >= 15 is 0 Å². The van der Waals surface area contributed by atoms with Gasteiger partial charge in [0.05, 0.1) is 11.5 Å². The van der Waals surface area contributed by atoms with Crippen molar-refractivity contribution in [3.63, 3.8) is 0 Å². The van der Waals surface area contributed by atoms with Gasteiger partial charge in [0.1, 0.15) is 0 Å². The number of rotatable bonds is 7. The predicted octanol–water partition coefficient (Wildman–Crippen LogP) is 2.37. The van der Waals surface area contributed by atoms with Crippen molar-refractivity contribution in [2.24, 2.45) is 0 Å². The highest BCUT2D eigenvalue weighted by molar-refractivity contribution is 7.91. The van der Waals surface area contributed by atoms with Gasteiger partial charge in [-0.2, -0.15) is 0 Å². The molecule has 6 nitrogen and oxygen atoms in total. The molecule has 1 heterocycles. The van der Waals surface area contributed by atoms with Crippen LogP contribution in [0.25, 0.3) is 6.08 Å². The molecule has 1 fully saturated rings. The molecule has 7 heteroatoms. The van der Waals surface area contributed by atoms with E-state index in [1.165, 1.54) is 6.08 Å². The second kappa shape index (κ2) is 9.17. The number of hydrogen-bond acceptors (Lipinski definition) is 5. The molecular weight excluding hydrogens is 366 g/mol. The van der Waals surface area contributed by atoms with Crippen molar-refractivity contribution in [1.29, 1.82) is 0 Å².